The molecule has 18 heavy (non-hydrogen) atoms. The molecule has 0 aliphatic carbocycles. The highest BCUT2D eigenvalue weighted by Crippen LogP contribution is 2.20. The first-order valence-corrected chi connectivity index (χ1v) is 7.14. The van der Waals surface area contributed by atoms with Gasteiger partial charge < -0.3 is 15.0 Å². The quantitative estimate of drug-likeness (QED) is 0.734. The Bertz CT molecular complexity index is 256. The SMILES string of the molecule is CCCN1CCCC(C(C)N[C@@H](C)C(=O)OC)C1. The highest BCUT2D eigenvalue weighted by molar-refractivity contribution is 5.75. The summed E-state index contributed by atoms with van der Waals surface area (Å²) in [5.41, 5.74) is 0. The van der Waals surface area contributed by atoms with Crippen LogP contribution in [-0.4, -0.2) is 49.7 Å². The van der Waals surface area contributed by atoms with Crippen LogP contribution >= 0.6 is 0 Å². The molecule has 0 radical (unpaired) electrons. The zero-order valence-electron chi connectivity index (χ0n) is 12.2. The van der Waals surface area contributed by atoms with Crippen LogP contribution in [0.3, 0.4) is 0 Å². The second-order valence-electron chi connectivity index (χ2n) is 5.40. The number of carbonyl (C=O) groups is 1. The van der Waals surface area contributed by atoms with Crippen molar-refractivity contribution in [3.8, 4) is 0 Å². The summed E-state index contributed by atoms with van der Waals surface area (Å²) in [6.07, 6.45) is 3.73. The van der Waals surface area contributed by atoms with E-state index >= 15 is 0 Å². The van der Waals surface area contributed by atoms with Gasteiger partial charge in [-0.1, -0.05) is 6.92 Å². The summed E-state index contributed by atoms with van der Waals surface area (Å²) in [7, 11) is 1.44. The summed E-state index contributed by atoms with van der Waals surface area (Å²) in [5.74, 6) is 0.459. The van der Waals surface area contributed by atoms with Crippen molar-refractivity contribution in [2.45, 2.75) is 52.1 Å². The van der Waals surface area contributed by atoms with E-state index in [4.69, 9.17) is 4.74 Å². The molecule has 4 nitrogen and oxygen atoms in total. The van der Waals surface area contributed by atoms with Gasteiger partial charge in [-0.05, 0) is 52.1 Å². The van der Waals surface area contributed by atoms with Gasteiger partial charge in [-0.25, -0.2) is 0 Å². The van der Waals surface area contributed by atoms with E-state index in [0.29, 0.717) is 12.0 Å². The minimum absolute atomic E-state index is 0.178. The molecule has 2 unspecified atom stereocenters. The highest BCUT2D eigenvalue weighted by atomic mass is 16.5. The van der Waals surface area contributed by atoms with E-state index in [9.17, 15) is 4.79 Å². The van der Waals surface area contributed by atoms with Crippen LogP contribution in [0.5, 0.6) is 0 Å². The molecule has 0 bridgehead atoms. The first-order valence-electron chi connectivity index (χ1n) is 7.14. The maximum Gasteiger partial charge on any atom is 0.322 e. The van der Waals surface area contributed by atoms with Crippen molar-refractivity contribution >= 4 is 5.97 Å². The topological polar surface area (TPSA) is 41.6 Å². The monoisotopic (exact) mass is 256 g/mol. The summed E-state index contributed by atoms with van der Waals surface area (Å²) in [5, 5.41) is 3.36. The number of piperidine rings is 1. The van der Waals surface area contributed by atoms with Gasteiger partial charge in [-0.2, -0.15) is 0 Å². The van der Waals surface area contributed by atoms with Gasteiger partial charge >= 0.3 is 5.97 Å². The number of nitrogens with one attached hydrogen (secondary N) is 1. The molecule has 4 heteroatoms. The van der Waals surface area contributed by atoms with Crippen LogP contribution in [0.25, 0.3) is 0 Å². The Hall–Kier alpha value is -0.610. The number of likely N-dealkylation sites (tertiary alicyclic amines) is 1. The average Bonchev–Trinajstić information content (AvgIpc) is 2.38. The number of rotatable bonds is 6. The van der Waals surface area contributed by atoms with Crippen molar-refractivity contribution < 1.29 is 9.53 Å². The second kappa shape index (κ2) is 7.74. The van der Waals surface area contributed by atoms with Crippen molar-refractivity contribution in [3.63, 3.8) is 0 Å². The molecule has 1 N–H and O–H groups in total. The summed E-state index contributed by atoms with van der Waals surface area (Å²) in [6, 6.07) is 0.144. The van der Waals surface area contributed by atoms with Gasteiger partial charge in [-0.15, -0.1) is 0 Å². The first kappa shape index (κ1) is 15.4. The summed E-state index contributed by atoms with van der Waals surface area (Å²) >= 11 is 0. The minimum atomic E-state index is -0.216. The molecule has 0 spiro atoms. The predicted molar refractivity (Wildman–Crippen MR) is 73.5 cm³/mol. The average molecular weight is 256 g/mol. The molecule has 1 aliphatic heterocycles. The summed E-state index contributed by atoms with van der Waals surface area (Å²) < 4.78 is 4.75. The Morgan fingerprint density at radius 2 is 2.22 bits per heavy atom. The lowest BCUT2D eigenvalue weighted by molar-refractivity contribution is -0.143. The maximum absolute atomic E-state index is 11.4. The fourth-order valence-electron chi connectivity index (χ4n) is 2.79. The van der Waals surface area contributed by atoms with Crippen LogP contribution in [0.15, 0.2) is 0 Å². The third-order valence-corrected chi connectivity index (χ3v) is 3.86. The van der Waals surface area contributed by atoms with E-state index in [0.717, 1.165) is 6.54 Å². The smallest absolute Gasteiger partial charge is 0.322 e. The maximum atomic E-state index is 11.4. The Balaban J connectivity index is 2.40. The van der Waals surface area contributed by atoms with Crippen LogP contribution in [0.4, 0.5) is 0 Å². The Kier molecular flexibility index (Phi) is 6.65. The van der Waals surface area contributed by atoms with Crippen molar-refractivity contribution in [1.82, 2.24) is 10.2 Å². The molecule has 3 atom stereocenters. The lowest BCUT2D eigenvalue weighted by Crippen LogP contribution is -2.49. The number of hydrogen-bond donors (Lipinski definition) is 1. The number of methoxy groups -OCH3 is 1. The third kappa shape index (κ3) is 4.58. The van der Waals surface area contributed by atoms with Crippen molar-refractivity contribution in [3.05, 3.63) is 0 Å². The molecule has 0 saturated carbocycles. The van der Waals surface area contributed by atoms with Gasteiger partial charge in [0.2, 0.25) is 0 Å². The minimum Gasteiger partial charge on any atom is -0.468 e. The van der Waals surface area contributed by atoms with Gasteiger partial charge in [0, 0.05) is 12.6 Å². The summed E-state index contributed by atoms with van der Waals surface area (Å²) in [4.78, 5) is 13.9. The zero-order chi connectivity index (χ0) is 13.5. The molecule has 1 aliphatic rings. The molecule has 0 aromatic rings. The molecular formula is C14H28N2O2. The van der Waals surface area contributed by atoms with Gasteiger partial charge in [0.25, 0.3) is 0 Å². The molecule has 0 amide bonds. The molecular weight excluding hydrogens is 228 g/mol. The lowest BCUT2D eigenvalue weighted by atomic mass is 9.91. The Morgan fingerprint density at radius 3 is 2.83 bits per heavy atom. The number of esters is 1. The van der Waals surface area contributed by atoms with Gasteiger partial charge in [0.05, 0.1) is 7.11 Å². The number of ether oxygens (including phenoxy) is 1. The standard InChI is InChI=1S/C14H28N2O2/c1-5-8-16-9-6-7-13(10-16)11(2)15-12(3)14(17)18-4/h11-13,15H,5-10H2,1-4H3/t11?,12-,13?/m0/s1. The largest absolute Gasteiger partial charge is 0.468 e. The van der Waals surface area contributed by atoms with Crippen LogP contribution in [-0.2, 0) is 9.53 Å². The Morgan fingerprint density at radius 1 is 1.50 bits per heavy atom. The number of nitrogens with zero attached hydrogens (tertiary/aromatic N) is 1. The molecule has 0 aromatic heterocycles. The highest BCUT2D eigenvalue weighted by Gasteiger charge is 2.26. The zero-order valence-corrected chi connectivity index (χ0v) is 12.2. The van der Waals surface area contributed by atoms with E-state index in [1.807, 2.05) is 6.92 Å². The Labute approximate surface area is 111 Å². The second-order valence-corrected chi connectivity index (χ2v) is 5.40. The fraction of sp³-hybridized carbons (Fsp3) is 0.929. The summed E-state index contributed by atoms with van der Waals surface area (Å²) in [6.45, 7) is 9.84. The fourth-order valence-corrected chi connectivity index (χ4v) is 2.79. The van der Waals surface area contributed by atoms with Crippen LogP contribution in [0, 0.1) is 5.92 Å². The van der Waals surface area contributed by atoms with Gasteiger partial charge in [-0.3, -0.25) is 4.79 Å². The molecule has 106 valence electrons. The van der Waals surface area contributed by atoms with Crippen molar-refractivity contribution in [2.24, 2.45) is 5.92 Å². The van der Waals surface area contributed by atoms with E-state index in [2.05, 4.69) is 24.1 Å². The lowest BCUT2D eigenvalue weighted by Gasteiger charge is -2.36. The molecule has 1 heterocycles. The van der Waals surface area contributed by atoms with Gasteiger partial charge in [0.15, 0.2) is 0 Å². The molecule has 1 fully saturated rings. The molecule has 1 saturated heterocycles. The molecule has 0 aromatic carbocycles. The third-order valence-electron chi connectivity index (χ3n) is 3.86. The van der Waals surface area contributed by atoms with Gasteiger partial charge in [0.1, 0.15) is 6.04 Å². The van der Waals surface area contributed by atoms with E-state index in [-0.39, 0.29) is 12.0 Å². The van der Waals surface area contributed by atoms with Crippen LogP contribution in [0.2, 0.25) is 0 Å². The molecule has 1 rings (SSSR count). The van der Waals surface area contributed by atoms with Crippen LogP contribution in [0.1, 0.15) is 40.0 Å². The van der Waals surface area contributed by atoms with E-state index in [1.165, 1.54) is 39.5 Å². The number of hydrogen-bond acceptors (Lipinski definition) is 4. The van der Waals surface area contributed by atoms with E-state index < -0.39 is 0 Å². The normalized spacial score (nSPS) is 24.6. The van der Waals surface area contributed by atoms with Crippen LogP contribution < -0.4 is 5.32 Å². The first-order chi connectivity index (χ1) is 8.58. The predicted octanol–water partition coefficient (Wildman–Crippen LogP) is 1.65. The number of carbonyl (C=O) groups excluding carboxylic acids is 1. The van der Waals surface area contributed by atoms with E-state index in [1.54, 1.807) is 0 Å². The van der Waals surface area contributed by atoms with Crippen molar-refractivity contribution in [1.29, 1.82) is 0 Å². The van der Waals surface area contributed by atoms with Crippen molar-refractivity contribution in [2.75, 3.05) is 26.7 Å².